The van der Waals surface area contributed by atoms with Gasteiger partial charge in [-0.05, 0) is 13.8 Å². The average molecular weight is 281 g/mol. The first-order valence-electron chi connectivity index (χ1n) is 5.93. The second-order valence-corrected chi connectivity index (χ2v) is 5.22. The molecule has 7 heteroatoms. The third kappa shape index (κ3) is 2.52. The van der Waals surface area contributed by atoms with Crippen LogP contribution in [0.1, 0.15) is 24.2 Å². The molecule has 2 rings (SSSR count). The van der Waals surface area contributed by atoms with Crippen LogP contribution in [0, 0.1) is 0 Å². The molecule has 0 bridgehead atoms. The van der Waals surface area contributed by atoms with Crippen molar-refractivity contribution in [3.05, 3.63) is 33.7 Å². The van der Waals surface area contributed by atoms with Gasteiger partial charge in [-0.1, -0.05) is 0 Å². The van der Waals surface area contributed by atoms with E-state index in [2.05, 4.69) is 4.98 Å². The fraction of sp³-hybridized carbons (Fsp3) is 0.417. The highest BCUT2D eigenvalue weighted by atomic mass is 32.1. The summed E-state index contributed by atoms with van der Waals surface area (Å²) in [5.74, 6) is -0.401. The van der Waals surface area contributed by atoms with Gasteiger partial charge in [-0.15, -0.1) is 11.3 Å². The number of hydrogen-bond donors (Lipinski definition) is 1. The number of aliphatic hydroxyl groups is 1. The summed E-state index contributed by atoms with van der Waals surface area (Å²) in [7, 11) is 0. The van der Waals surface area contributed by atoms with Gasteiger partial charge in [-0.25, -0.2) is 4.98 Å². The first kappa shape index (κ1) is 13.7. The fourth-order valence-corrected chi connectivity index (χ4v) is 2.50. The molecule has 0 fully saturated rings. The molecule has 0 unspecified atom stereocenters. The smallest absolute Gasteiger partial charge is 0.271 e. The zero-order valence-electron chi connectivity index (χ0n) is 10.7. The van der Waals surface area contributed by atoms with Gasteiger partial charge in [0, 0.05) is 30.4 Å². The molecule has 19 heavy (non-hydrogen) atoms. The van der Waals surface area contributed by atoms with Crippen molar-refractivity contribution in [3.63, 3.8) is 0 Å². The predicted octanol–water partition coefficient (Wildman–Crippen LogP) is 0.599. The molecule has 0 saturated carbocycles. The van der Waals surface area contributed by atoms with Gasteiger partial charge in [-0.3, -0.25) is 14.0 Å². The maximum Gasteiger partial charge on any atom is 0.271 e. The van der Waals surface area contributed by atoms with Crippen molar-refractivity contribution in [2.24, 2.45) is 0 Å². The van der Waals surface area contributed by atoms with Gasteiger partial charge in [0.05, 0.1) is 6.61 Å². The average Bonchev–Trinajstić information content (AvgIpc) is 2.84. The quantitative estimate of drug-likeness (QED) is 0.890. The molecule has 0 aliphatic heterocycles. The van der Waals surface area contributed by atoms with Crippen molar-refractivity contribution in [1.82, 2.24) is 14.3 Å². The summed E-state index contributed by atoms with van der Waals surface area (Å²) >= 11 is 1.33. The lowest BCUT2D eigenvalue weighted by atomic mass is 10.2. The number of aromatic nitrogens is 2. The second kappa shape index (κ2) is 5.50. The first-order chi connectivity index (χ1) is 9.06. The van der Waals surface area contributed by atoms with E-state index >= 15 is 0 Å². The fourth-order valence-electron chi connectivity index (χ4n) is 1.83. The van der Waals surface area contributed by atoms with Crippen LogP contribution in [0.15, 0.2) is 22.6 Å². The van der Waals surface area contributed by atoms with Crippen LogP contribution in [-0.2, 0) is 0 Å². The van der Waals surface area contributed by atoms with Crippen molar-refractivity contribution in [2.45, 2.75) is 19.9 Å². The molecule has 2 aromatic heterocycles. The van der Waals surface area contributed by atoms with E-state index < -0.39 is 5.91 Å². The molecule has 102 valence electrons. The normalized spacial score (nSPS) is 11.2. The molecule has 0 aliphatic rings. The Hall–Kier alpha value is -1.73. The molecule has 1 N–H and O–H groups in total. The Balaban J connectivity index is 2.45. The lowest BCUT2D eigenvalue weighted by Crippen LogP contribution is -2.41. The summed E-state index contributed by atoms with van der Waals surface area (Å²) in [4.78, 5) is 30.6. The van der Waals surface area contributed by atoms with Gasteiger partial charge < -0.3 is 10.0 Å². The van der Waals surface area contributed by atoms with Crippen LogP contribution < -0.4 is 5.56 Å². The van der Waals surface area contributed by atoms with Crippen molar-refractivity contribution in [2.75, 3.05) is 13.2 Å². The Kier molecular flexibility index (Phi) is 3.96. The van der Waals surface area contributed by atoms with Gasteiger partial charge in [0.15, 0.2) is 4.96 Å². The molecule has 0 aliphatic carbocycles. The van der Waals surface area contributed by atoms with E-state index in [1.54, 1.807) is 11.6 Å². The number of hydrogen-bond acceptors (Lipinski definition) is 5. The molecule has 0 spiro atoms. The minimum absolute atomic E-state index is 0.0260. The Labute approximate surface area is 113 Å². The van der Waals surface area contributed by atoms with E-state index in [0.29, 0.717) is 4.96 Å². The number of carbonyl (C=O) groups is 1. The molecule has 0 atom stereocenters. The molecule has 0 aromatic carbocycles. The number of aliphatic hydroxyl groups excluding tert-OH is 1. The van der Waals surface area contributed by atoms with Crippen molar-refractivity contribution in [3.8, 4) is 0 Å². The Bertz CT molecular complexity index is 647. The molecule has 0 radical (unpaired) electrons. The number of rotatable bonds is 4. The van der Waals surface area contributed by atoms with Crippen molar-refractivity contribution >= 4 is 22.2 Å². The molecule has 1 amide bonds. The molecular weight excluding hydrogens is 266 g/mol. The van der Waals surface area contributed by atoms with Gasteiger partial charge in [0.25, 0.3) is 11.5 Å². The summed E-state index contributed by atoms with van der Waals surface area (Å²) in [5.41, 5.74) is -0.349. The van der Waals surface area contributed by atoms with E-state index in [1.165, 1.54) is 26.8 Å². The van der Waals surface area contributed by atoms with E-state index in [-0.39, 0.29) is 30.3 Å². The van der Waals surface area contributed by atoms with E-state index in [4.69, 9.17) is 5.11 Å². The van der Waals surface area contributed by atoms with Crippen LogP contribution in [-0.4, -0.2) is 44.5 Å². The third-order valence-electron chi connectivity index (χ3n) is 2.80. The summed E-state index contributed by atoms with van der Waals surface area (Å²) < 4.78 is 1.36. The van der Waals surface area contributed by atoms with Crippen LogP contribution in [0.5, 0.6) is 0 Å². The number of fused-ring (bicyclic) bond motifs is 1. The molecule has 2 heterocycles. The molecular formula is C12H15N3O3S. The third-order valence-corrected chi connectivity index (χ3v) is 3.57. The lowest BCUT2D eigenvalue weighted by Gasteiger charge is -2.25. The Morgan fingerprint density at radius 2 is 2.32 bits per heavy atom. The van der Waals surface area contributed by atoms with E-state index in [1.807, 2.05) is 13.8 Å². The molecule has 2 aromatic rings. The second-order valence-electron chi connectivity index (χ2n) is 4.35. The van der Waals surface area contributed by atoms with Crippen LogP contribution in [0.25, 0.3) is 4.96 Å². The van der Waals surface area contributed by atoms with Crippen molar-refractivity contribution in [1.29, 1.82) is 0 Å². The summed E-state index contributed by atoms with van der Waals surface area (Å²) in [5, 5.41) is 10.7. The van der Waals surface area contributed by atoms with Crippen molar-refractivity contribution < 1.29 is 9.90 Å². The zero-order chi connectivity index (χ0) is 14.0. The van der Waals surface area contributed by atoms with Crippen LogP contribution in [0.2, 0.25) is 0 Å². The lowest BCUT2D eigenvalue weighted by molar-refractivity contribution is 0.0663. The van der Waals surface area contributed by atoms with Crippen LogP contribution in [0.4, 0.5) is 0 Å². The first-order valence-corrected chi connectivity index (χ1v) is 6.81. The van der Waals surface area contributed by atoms with Gasteiger partial charge in [0.2, 0.25) is 0 Å². The summed E-state index contributed by atoms with van der Waals surface area (Å²) in [6.07, 6.45) is 2.90. The van der Waals surface area contributed by atoms with E-state index in [0.717, 1.165) is 0 Å². The number of nitrogens with zero attached hydrogens (tertiary/aromatic N) is 3. The predicted molar refractivity (Wildman–Crippen MR) is 72.6 cm³/mol. The highest BCUT2D eigenvalue weighted by Gasteiger charge is 2.22. The summed E-state index contributed by atoms with van der Waals surface area (Å²) in [6.45, 7) is 3.73. The largest absolute Gasteiger partial charge is 0.395 e. The summed E-state index contributed by atoms with van der Waals surface area (Å²) in [6, 6.07) is -0.0952. The number of thiazole rings is 1. The van der Waals surface area contributed by atoms with Gasteiger partial charge in [0.1, 0.15) is 5.56 Å². The van der Waals surface area contributed by atoms with E-state index in [9.17, 15) is 9.59 Å². The van der Waals surface area contributed by atoms with Gasteiger partial charge in [-0.2, -0.15) is 0 Å². The Morgan fingerprint density at radius 1 is 1.58 bits per heavy atom. The zero-order valence-corrected chi connectivity index (χ0v) is 11.6. The minimum Gasteiger partial charge on any atom is -0.395 e. The maximum absolute atomic E-state index is 12.3. The number of amides is 1. The maximum atomic E-state index is 12.3. The van der Waals surface area contributed by atoms with Crippen LogP contribution >= 0.6 is 11.3 Å². The minimum atomic E-state index is -0.401. The monoisotopic (exact) mass is 281 g/mol. The Morgan fingerprint density at radius 3 is 2.95 bits per heavy atom. The van der Waals surface area contributed by atoms with Gasteiger partial charge >= 0.3 is 0 Å². The topological polar surface area (TPSA) is 74.9 Å². The molecule has 0 saturated heterocycles. The SMILES string of the molecule is CC(C)N(CCO)C(=O)c1cnc2sccn2c1=O. The number of carbonyl (C=O) groups excluding carboxylic acids is 1. The molecule has 6 nitrogen and oxygen atoms in total. The standard InChI is InChI=1S/C12H15N3O3S/c1-8(2)14(3-5-16)10(17)9-7-13-12-15(11(9)18)4-6-19-12/h4,6-8,16H,3,5H2,1-2H3. The highest BCUT2D eigenvalue weighted by molar-refractivity contribution is 7.15. The van der Waals surface area contributed by atoms with Crippen LogP contribution in [0.3, 0.4) is 0 Å². The highest BCUT2D eigenvalue weighted by Crippen LogP contribution is 2.08.